The molecule has 0 aliphatic carbocycles. The number of carbonyl (C=O) groups is 1. The quantitative estimate of drug-likeness (QED) is 0.757. The van der Waals surface area contributed by atoms with Gasteiger partial charge in [-0.1, -0.05) is 26.5 Å². The summed E-state index contributed by atoms with van der Waals surface area (Å²) in [5, 5.41) is 0. The molecular formula is C20H25N3O2. The minimum absolute atomic E-state index is 0.0588. The van der Waals surface area contributed by atoms with Crippen LogP contribution in [0.5, 0.6) is 0 Å². The SMILES string of the molecule is C=CC(=O)N(CCC1CC(C)(C)CO1)Cc1ccc2nccnc2c1. The van der Waals surface area contributed by atoms with Gasteiger partial charge in [-0.3, -0.25) is 14.8 Å². The number of hydrogen-bond donors (Lipinski definition) is 0. The molecule has 0 spiro atoms. The van der Waals surface area contributed by atoms with E-state index in [0.717, 1.165) is 36.0 Å². The van der Waals surface area contributed by atoms with Gasteiger partial charge in [-0.15, -0.1) is 0 Å². The molecule has 1 aliphatic rings. The molecule has 132 valence electrons. The molecule has 0 saturated carbocycles. The van der Waals surface area contributed by atoms with Gasteiger partial charge in [-0.2, -0.15) is 0 Å². The zero-order chi connectivity index (χ0) is 17.9. The highest BCUT2D eigenvalue weighted by Gasteiger charge is 2.32. The van der Waals surface area contributed by atoms with Crippen LogP contribution in [0.2, 0.25) is 0 Å². The Bertz CT molecular complexity index is 772. The predicted octanol–water partition coefficient (Wildman–Crippen LogP) is 3.35. The maximum atomic E-state index is 12.3. The van der Waals surface area contributed by atoms with Crippen molar-refractivity contribution in [3.63, 3.8) is 0 Å². The van der Waals surface area contributed by atoms with Crippen LogP contribution in [0.15, 0.2) is 43.2 Å². The van der Waals surface area contributed by atoms with Crippen LogP contribution in [0.3, 0.4) is 0 Å². The molecule has 1 fully saturated rings. The fourth-order valence-electron chi connectivity index (χ4n) is 3.29. The van der Waals surface area contributed by atoms with Gasteiger partial charge < -0.3 is 9.64 Å². The summed E-state index contributed by atoms with van der Waals surface area (Å²) in [7, 11) is 0. The summed E-state index contributed by atoms with van der Waals surface area (Å²) >= 11 is 0. The van der Waals surface area contributed by atoms with Crippen molar-refractivity contribution >= 4 is 16.9 Å². The summed E-state index contributed by atoms with van der Waals surface area (Å²) in [4.78, 5) is 22.7. The molecule has 1 saturated heterocycles. The molecule has 1 atom stereocenters. The number of carbonyl (C=O) groups excluding carboxylic acids is 1. The Morgan fingerprint density at radius 2 is 2.12 bits per heavy atom. The molecule has 0 radical (unpaired) electrons. The fourth-order valence-corrected chi connectivity index (χ4v) is 3.29. The third-order valence-corrected chi connectivity index (χ3v) is 4.60. The van der Waals surface area contributed by atoms with Crippen LogP contribution in [0, 0.1) is 5.41 Å². The van der Waals surface area contributed by atoms with Crippen molar-refractivity contribution in [2.24, 2.45) is 5.41 Å². The third kappa shape index (κ3) is 4.42. The molecule has 0 N–H and O–H groups in total. The van der Waals surface area contributed by atoms with Crippen molar-refractivity contribution in [2.75, 3.05) is 13.2 Å². The number of amides is 1. The Morgan fingerprint density at radius 3 is 2.80 bits per heavy atom. The van der Waals surface area contributed by atoms with Crippen molar-refractivity contribution in [2.45, 2.75) is 39.3 Å². The summed E-state index contributed by atoms with van der Waals surface area (Å²) in [6.07, 6.45) is 6.83. The molecule has 1 aromatic carbocycles. The topological polar surface area (TPSA) is 55.3 Å². The van der Waals surface area contributed by atoms with E-state index in [1.807, 2.05) is 23.1 Å². The highest BCUT2D eigenvalue weighted by atomic mass is 16.5. The summed E-state index contributed by atoms with van der Waals surface area (Å²) in [5.41, 5.74) is 2.96. The van der Waals surface area contributed by atoms with Gasteiger partial charge in [0.15, 0.2) is 0 Å². The molecule has 2 aromatic rings. The highest BCUT2D eigenvalue weighted by molar-refractivity contribution is 5.87. The first-order valence-corrected chi connectivity index (χ1v) is 8.69. The van der Waals surface area contributed by atoms with Gasteiger partial charge in [-0.25, -0.2) is 0 Å². The van der Waals surface area contributed by atoms with E-state index in [9.17, 15) is 4.79 Å². The van der Waals surface area contributed by atoms with E-state index >= 15 is 0 Å². The molecule has 25 heavy (non-hydrogen) atoms. The summed E-state index contributed by atoms with van der Waals surface area (Å²) in [6, 6.07) is 5.92. The lowest BCUT2D eigenvalue weighted by atomic mass is 9.90. The van der Waals surface area contributed by atoms with Gasteiger partial charge in [0, 0.05) is 25.5 Å². The van der Waals surface area contributed by atoms with Crippen LogP contribution in [0.4, 0.5) is 0 Å². The average Bonchev–Trinajstić information content (AvgIpc) is 2.96. The number of aromatic nitrogens is 2. The van der Waals surface area contributed by atoms with E-state index in [-0.39, 0.29) is 17.4 Å². The highest BCUT2D eigenvalue weighted by Crippen LogP contribution is 2.32. The number of ether oxygens (including phenoxy) is 1. The lowest BCUT2D eigenvalue weighted by molar-refractivity contribution is -0.127. The summed E-state index contributed by atoms with van der Waals surface area (Å²) < 4.78 is 5.86. The minimum atomic E-state index is -0.0588. The van der Waals surface area contributed by atoms with Crippen LogP contribution in [0.25, 0.3) is 11.0 Å². The van der Waals surface area contributed by atoms with Crippen LogP contribution in [-0.2, 0) is 16.1 Å². The van der Waals surface area contributed by atoms with Crippen LogP contribution in [-0.4, -0.2) is 40.0 Å². The Hall–Kier alpha value is -2.27. The zero-order valence-corrected chi connectivity index (χ0v) is 14.9. The van der Waals surface area contributed by atoms with Gasteiger partial charge in [0.1, 0.15) is 0 Å². The van der Waals surface area contributed by atoms with Crippen LogP contribution in [0.1, 0.15) is 32.3 Å². The minimum Gasteiger partial charge on any atom is -0.378 e. The molecule has 5 heteroatoms. The van der Waals surface area contributed by atoms with E-state index in [1.165, 1.54) is 6.08 Å². The molecule has 2 heterocycles. The normalized spacial score (nSPS) is 19.0. The van der Waals surface area contributed by atoms with Crippen molar-refractivity contribution < 1.29 is 9.53 Å². The lowest BCUT2D eigenvalue weighted by Crippen LogP contribution is -2.31. The van der Waals surface area contributed by atoms with E-state index in [1.54, 1.807) is 12.4 Å². The fraction of sp³-hybridized carbons (Fsp3) is 0.450. The standard InChI is InChI=1S/C20H25N3O2/c1-4-19(24)23(10-7-16-12-20(2,3)14-25-16)13-15-5-6-17-18(11-15)22-9-8-21-17/h4-6,8-9,11,16H,1,7,10,12-14H2,2-3H3. The Balaban J connectivity index is 1.67. The molecule has 1 aliphatic heterocycles. The van der Waals surface area contributed by atoms with E-state index < -0.39 is 0 Å². The third-order valence-electron chi connectivity index (χ3n) is 4.60. The molecule has 1 aromatic heterocycles. The Morgan fingerprint density at radius 1 is 1.36 bits per heavy atom. The second-order valence-electron chi connectivity index (χ2n) is 7.43. The predicted molar refractivity (Wildman–Crippen MR) is 97.9 cm³/mol. The number of benzene rings is 1. The van der Waals surface area contributed by atoms with Gasteiger partial charge in [0.05, 0.1) is 23.7 Å². The maximum absolute atomic E-state index is 12.3. The van der Waals surface area contributed by atoms with Crippen molar-refractivity contribution in [3.05, 3.63) is 48.8 Å². The lowest BCUT2D eigenvalue weighted by Gasteiger charge is -2.23. The van der Waals surface area contributed by atoms with E-state index in [0.29, 0.717) is 13.1 Å². The van der Waals surface area contributed by atoms with Gasteiger partial charge in [0.25, 0.3) is 0 Å². The summed E-state index contributed by atoms with van der Waals surface area (Å²) in [5.74, 6) is -0.0588. The molecule has 1 amide bonds. The molecule has 0 bridgehead atoms. The van der Waals surface area contributed by atoms with E-state index in [2.05, 4.69) is 30.4 Å². The van der Waals surface area contributed by atoms with Crippen molar-refractivity contribution in [1.29, 1.82) is 0 Å². The number of nitrogens with zero attached hydrogens (tertiary/aromatic N) is 3. The average molecular weight is 339 g/mol. The van der Waals surface area contributed by atoms with Gasteiger partial charge in [-0.05, 0) is 42.0 Å². The number of rotatable bonds is 6. The zero-order valence-electron chi connectivity index (χ0n) is 14.9. The largest absolute Gasteiger partial charge is 0.378 e. The van der Waals surface area contributed by atoms with Crippen molar-refractivity contribution in [1.82, 2.24) is 14.9 Å². The first-order valence-electron chi connectivity index (χ1n) is 8.69. The van der Waals surface area contributed by atoms with Gasteiger partial charge in [0.2, 0.25) is 5.91 Å². The Kier molecular flexibility index (Phi) is 5.13. The molecule has 1 unspecified atom stereocenters. The smallest absolute Gasteiger partial charge is 0.246 e. The maximum Gasteiger partial charge on any atom is 0.246 e. The van der Waals surface area contributed by atoms with E-state index in [4.69, 9.17) is 4.74 Å². The number of hydrogen-bond acceptors (Lipinski definition) is 4. The summed E-state index contributed by atoms with van der Waals surface area (Å²) in [6.45, 7) is 10.0. The molecular weight excluding hydrogens is 314 g/mol. The Labute approximate surface area is 148 Å². The first kappa shape index (κ1) is 17.5. The monoisotopic (exact) mass is 339 g/mol. The molecule has 5 nitrogen and oxygen atoms in total. The number of fused-ring (bicyclic) bond motifs is 1. The van der Waals surface area contributed by atoms with Crippen LogP contribution < -0.4 is 0 Å². The second-order valence-corrected chi connectivity index (χ2v) is 7.43. The van der Waals surface area contributed by atoms with Crippen molar-refractivity contribution in [3.8, 4) is 0 Å². The molecule has 3 rings (SSSR count). The van der Waals surface area contributed by atoms with Crippen LogP contribution >= 0.6 is 0 Å². The first-order chi connectivity index (χ1) is 12.0. The van der Waals surface area contributed by atoms with Gasteiger partial charge >= 0.3 is 0 Å². The second kappa shape index (κ2) is 7.31.